The van der Waals surface area contributed by atoms with Crippen LogP contribution >= 0.6 is 12.4 Å². The number of amides is 1. The number of carbonyl (C=O) groups excluding carboxylic acids is 1. The maximum absolute atomic E-state index is 12.4. The Kier molecular flexibility index (Phi) is 7.60. The summed E-state index contributed by atoms with van der Waals surface area (Å²) >= 11 is 0. The molecule has 0 heterocycles. The number of benzene rings is 2. The Morgan fingerprint density at radius 1 is 1.12 bits per heavy atom. The van der Waals surface area contributed by atoms with Crippen molar-refractivity contribution in [3.63, 3.8) is 0 Å². The van der Waals surface area contributed by atoms with E-state index < -0.39 is 21.8 Å². The van der Waals surface area contributed by atoms with Crippen molar-refractivity contribution < 1.29 is 13.2 Å². The van der Waals surface area contributed by atoms with Crippen molar-refractivity contribution >= 4 is 33.8 Å². The highest BCUT2D eigenvalue weighted by molar-refractivity contribution is 7.89. The summed E-state index contributed by atoms with van der Waals surface area (Å²) in [7, 11) is -3.12. The third kappa shape index (κ3) is 6.49. The smallest absolute Gasteiger partial charge is 0.229 e. The lowest BCUT2D eigenvalue weighted by molar-refractivity contribution is -0.120. The zero-order chi connectivity index (χ0) is 17.7. The number of sulfone groups is 1. The summed E-state index contributed by atoms with van der Waals surface area (Å²) in [5.74, 6) is -0.690. The van der Waals surface area contributed by atoms with Crippen LogP contribution in [0, 0.1) is 5.92 Å². The molecule has 0 spiro atoms. The van der Waals surface area contributed by atoms with Crippen molar-refractivity contribution in [1.82, 2.24) is 0 Å². The van der Waals surface area contributed by atoms with Crippen LogP contribution < -0.4 is 11.1 Å². The third-order valence-electron chi connectivity index (χ3n) is 3.76. The highest BCUT2D eigenvalue weighted by Crippen LogP contribution is 2.21. The van der Waals surface area contributed by atoms with Crippen LogP contribution in [0.25, 0.3) is 0 Å². The Labute approximate surface area is 155 Å². The minimum Gasteiger partial charge on any atom is -0.326 e. The van der Waals surface area contributed by atoms with E-state index in [9.17, 15) is 13.2 Å². The van der Waals surface area contributed by atoms with Crippen LogP contribution in [-0.4, -0.2) is 20.6 Å². The molecule has 25 heavy (non-hydrogen) atoms. The molecule has 0 saturated carbocycles. The highest BCUT2D eigenvalue weighted by atomic mass is 35.5. The van der Waals surface area contributed by atoms with Gasteiger partial charge in [0.15, 0.2) is 9.84 Å². The Morgan fingerprint density at radius 3 is 2.36 bits per heavy atom. The summed E-state index contributed by atoms with van der Waals surface area (Å²) in [6, 6.07) is 15.9. The minimum atomic E-state index is -3.12. The van der Waals surface area contributed by atoms with E-state index in [2.05, 4.69) is 5.32 Å². The number of hydrogen-bond acceptors (Lipinski definition) is 4. The van der Waals surface area contributed by atoms with Crippen LogP contribution in [0.3, 0.4) is 0 Å². The molecule has 2 aromatic rings. The van der Waals surface area contributed by atoms with Crippen LogP contribution in [0.5, 0.6) is 0 Å². The first-order chi connectivity index (χ1) is 11.3. The van der Waals surface area contributed by atoms with Gasteiger partial charge in [0, 0.05) is 18.0 Å². The molecule has 136 valence electrons. The van der Waals surface area contributed by atoms with Gasteiger partial charge < -0.3 is 11.1 Å². The molecule has 0 radical (unpaired) electrons. The van der Waals surface area contributed by atoms with Gasteiger partial charge in [0.05, 0.1) is 11.7 Å². The molecule has 2 unspecified atom stereocenters. The molecular weight excluding hydrogens is 360 g/mol. The standard InChI is InChI=1S/C18H22N2O3S.ClH/c1-13(17(19)15-8-4-3-5-9-15)18(21)20-16-10-6-7-14(11-16)12-24(2,22)23;/h3-11,13,17H,12,19H2,1-2H3,(H,20,21);1H. The van der Waals surface area contributed by atoms with Gasteiger partial charge in [0.2, 0.25) is 5.91 Å². The zero-order valence-electron chi connectivity index (χ0n) is 14.2. The van der Waals surface area contributed by atoms with Gasteiger partial charge in [-0.1, -0.05) is 49.4 Å². The van der Waals surface area contributed by atoms with Crippen LogP contribution in [0.4, 0.5) is 5.69 Å². The average molecular weight is 383 g/mol. The van der Waals surface area contributed by atoms with Gasteiger partial charge >= 0.3 is 0 Å². The second-order valence-corrected chi connectivity index (χ2v) is 8.13. The van der Waals surface area contributed by atoms with E-state index >= 15 is 0 Å². The molecule has 5 nitrogen and oxygen atoms in total. The number of carbonyl (C=O) groups is 1. The van der Waals surface area contributed by atoms with E-state index in [1.54, 1.807) is 31.2 Å². The lowest BCUT2D eigenvalue weighted by Crippen LogP contribution is -2.30. The Bertz CT molecular complexity index is 810. The van der Waals surface area contributed by atoms with Crippen molar-refractivity contribution in [1.29, 1.82) is 0 Å². The van der Waals surface area contributed by atoms with Gasteiger partial charge in [-0.3, -0.25) is 4.79 Å². The number of nitrogens with one attached hydrogen (secondary N) is 1. The highest BCUT2D eigenvalue weighted by Gasteiger charge is 2.22. The fourth-order valence-corrected chi connectivity index (χ4v) is 3.21. The third-order valence-corrected chi connectivity index (χ3v) is 4.62. The fraction of sp³-hybridized carbons (Fsp3) is 0.278. The lowest BCUT2D eigenvalue weighted by Gasteiger charge is -2.20. The number of nitrogens with two attached hydrogens (primary N) is 1. The zero-order valence-corrected chi connectivity index (χ0v) is 15.8. The van der Waals surface area contributed by atoms with Gasteiger partial charge in [0.1, 0.15) is 0 Å². The minimum absolute atomic E-state index is 0. The van der Waals surface area contributed by atoms with E-state index in [0.29, 0.717) is 11.3 Å². The van der Waals surface area contributed by atoms with E-state index in [4.69, 9.17) is 5.73 Å². The summed E-state index contributed by atoms with van der Waals surface area (Å²) in [5, 5.41) is 2.80. The molecule has 3 N–H and O–H groups in total. The summed E-state index contributed by atoms with van der Waals surface area (Å²) in [6.07, 6.45) is 1.18. The van der Waals surface area contributed by atoms with Crippen molar-refractivity contribution in [2.24, 2.45) is 11.7 Å². The number of hydrogen-bond donors (Lipinski definition) is 2. The Hall–Kier alpha value is -1.89. The summed E-state index contributed by atoms with van der Waals surface area (Å²) < 4.78 is 22.8. The van der Waals surface area contributed by atoms with Gasteiger partial charge in [-0.15, -0.1) is 12.4 Å². The second kappa shape index (κ2) is 8.99. The molecule has 0 aromatic heterocycles. The van der Waals surface area contributed by atoms with Gasteiger partial charge in [-0.2, -0.15) is 0 Å². The summed E-state index contributed by atoms with van der Waals surface area (Å²) in [6.45, 7) is 1.77. The molecule has 2 atom stereocenters. The first-order valence-electron chi connectivity index (χ1n) is 7.64. The van der Waals surface area contributed by atoms with Crippen LogP contribution in [0.15, 0.2) is 54.6 Å². The molecule has 0 aliphatic rings. The van der Waals surface area contributed by atoms with Gasteiger partial charge in [-0.25, -0.2) is 8.42 Å². The monoisotopic (exact) mass is 382 g/mol. The average Bonchev–Trinajstić information content (AvgIpc) is 2.53. The number of anilines is 1. The molecule has 0 aliphatic carbocycles. The molecule has 0 saturated heterocycles. The fourth-order valence-electron chi connectivity index (χ4n) is 2.42. The normalized spacial score (nSPS) is 13.4. The van der Waals surface area contributed by atoms with E-state index in [1.165, 1.54) is 6.26 Å². The maximum Gasteiger partial charge on any atom is 0.229 e. The van der Waals surface area contributed by atoms with E-state index in [0.717, 1.165) is 5.56 Å². The number of halogens is 1. The largest absolute Gasteiger partial charge is 0.326 e. The molecule has 0 aliphatic heterocycles. The molecule has 0 bridgehead atoms. The first kappa shape index (κ1) is 21.2. The number of rotatable bonds is 6. The van der Waals surface area contributed by atoms with Crippen molar-refractivity contribution in [2.45, 2.75) is 18.7 Å². The van der Waals surface area contributed by atoms with E-state index in [1.807, 2.05) is 30.3 Å². The molecule has 7 heteroatoms. The van der Waals surface area contributed by atoms with Crippen molar-refractivity contribution in [3.05, 3.63) is 65.7 Å². The summed E-state index contributed by atoms with van der Waals surface area (Å²) in [5.41, 5.74) is 8.26. The maximum atomic E-state index is 12.4. The van der Waals surface area contributed by atoms with Crippen LogP contribution in [0.2, 0.25) is 0 Å². The summed E-state index contributed by atoms with van der Waals surface area (Å²) in [4.78, 5) is 12.4. The molecule has 1 amide bonds. The van der Waals surface area contributed by atoms with E-state index in [-0.39, 0.29) is 24.1 Å². The predicted octanol–water partition coefficient (Wildman–Crippen LogP) is 2.93. The lowest BCUT2D eigenvalue weighted by atomic mass is 9.94. The molecule has 2 rings (SSSR count). The molecule has 2 aromatic carbocycles. The quantitative estimate of drug-likeness (QED) is 0.803. The SMILES string of the molecule is CC(C(=O)Nc1cccc(CS(C)(=O)=O)c1)C(N)c1ccccc1.Cl. The second-order valence-electron chi connectivity index (χ2n) is 5.98. The predicted molar refractivity (Wildman–Crippen MR) is 103 cm³/mol. The molecular formula is C18H23ClN2O3S. The van der Waals surface area contributed by atoms with Crippen LogP contribution in [-0.2, 0) is 20.4 Å². The topological polar surface area (TPSA) is 89.3 Å². The molecule has 0 fully saturated rings. The van der Waals surface area contributed by atoms with Crippen LogP contribution in [0.1, 0.15) is 24.1 Å². The first-order valence-corrected chi connectivity index (χ1v) is 9.70. The van der Waals surface area contributed by atoms with Crippen molar-refractivity contribution in [3.8, 4) is 0 Å². The Balaban J connectivity index is 0.00000312. The Morgan fingerprint density at radius 2 is 1.76 bits per heavy atom. The van der Waals surface area contributed by atoms with Crippen molar-refractivity contribution in [2.75, 3.05) is 11.6 Å². The van der Waals surface area contributed by atoms with Gasteiger partial charge in [-0.05, 0) is 23.3 Å². The van der Waals surface area contributed by atoms with Gasteiger partial charge in [0.25, 0.3) is 0 Å².